The number of methoxy groups -OCH3 is 2. The maximum atomic E-state index is 13.2. The second-order valence-corrected chi connectivity index (χ2v) is 9.53. The standard InChI is InChI=1S/C26H31N7O4/c1-27-23-11-19(30-25-17(13-29-33(23)25)26(34)31-18-6-7-21(18)35-2)16-12-28-24-15(16)5-4-9-32(24)20-8-10-37-14-22(20)36-3/h4-5,9,11-13,18,20-22,27H,6-8,10,14H2,1-3H3,(H,31,34)/t18?,20?,21-,22-/m0/s1. The van der Waals surface area contributed by atoms with Crippen LogP contribution < -0.4 is 10.6 Å². The largest absolute Gasteiger partial charge is 0.379 e. The van der Waals surface area contributed by atoms with Crippen molar-refractivity contribution in [3.8, 4) is 22.6 Å². The Morgan fingerprint density at radius 2 is 2.00 bits per heavy atom. The maximum absolute atomic E-state index is 13.2. The molecule has 11 heteroatoms. The van der Waals surface area contributed by atoms with E-state index in [2.05, 4.69) is 20.3 Å². The van der Waals surface area contributed by atoms with Crippen LogP contribution in [-0.2, 0) is 14.2 Å². The summed E-state index contributed by atoms with van der Waals surface area (Å²) in [5.41, 5.74) is 3.47. The SMILES string of the molecule is CNc1cc(-c2cnc3n(C4CCOC[C@@H]4OC)cccc2-3)nc2c(C(=O)NC3CC[C@@H]3OC)cnn12. The number of amides is 1. The third-order valence-electron chi connectivity index (χ3n) is 7.61. The van der Waals surface area contributed by atoms with Crippen LogP contribution in [0.3, 0.4) is 0 Å². The molecule has 194 valence electrons. The van der Waals surface area contributed by atoms with Gasteiger partial charge in [0.2, 0.25) is 0 Å². The molecule has 4 aliphatic rings. The minimum absolute atomic E-state index is 0.000759. The number of carbonyl (C=O) groups excluding carboxylic acids is 1. The van der Waals surface area contributed by atoms with Crippen LogP contribution in [-0.4, -0.2) is 82.8 Å². The van der Waals surface area contributed by atoms with Gasteiger partial charge in [-0.15, -0.1) is 0 Å². The average molecular weight is 506 g/mol. The van der Waals surface area contributed by atoms with Gasteiger partial charge >= 0.3 is 0 Å². The lowest BCUT2D eigenvalue weighted by molar-refractivity contribution is -0.0600. The lowest BCUT2D eigenvalue weighted by atomic mass is 9.89. The van der Waals surface area contributed by atoms with Crippen molar-refractivity contribution in [2.75, 3.05) is 39.8 Å². The number of pyridine rings is 1. The number of hydrogen-bond donors (Lipinski definition) is 2. The van der Waals surface area contributed by atoms with E-state index in [1.807, 2.05) is 37.6 Å². The molecule has 37 heavy (non-hydrogen) atoms. The Labute approximate surface area is 214 Å². The number of ether oxygens (including phenoxy) is 3. The Kier molecular flexibility index (Phi) is 6.27. The zero-order valence-electron chi connectivity index (χ0n) is 21.2. The van der Waals surface area contributed by atoms with Crippen LogP contribution in [0.4, 0.5) is 5.82 Å². The lowest BCUT2D eigenvalue weighted by Gasteiger charge is -2.35. The molecule has 0 spiro atoms. The van der Waals surface area contributed by atoms with Gasteiger partial charge in [0.15, 0.2) is 5.65 Å². The fraction of sp³-hybridized carbons (Fsp3) is 0.462. The average Bonchev–Trinajstić information content (AvgIpc) is 3.55. The first-order valence-corrected chi connectivity index (χ1v) is 12.6. The van der Waals surface area contributed by atoms with Gasteiger partial charge in [-0.25, -0.2) is 9.97 Å². The van der Waals surface area contributed by atoms with Crippen LogP contribution in [0.25, 0.3) is 28.3 Å². The summed E-state index contributed by atoms with van der Waals surface area (Å²) in [5, 5.41) is 10.7. The first-order valence-electron chi connectivity index (χ1n) is 12.6. The topological polar surface area (TPSA) is 117 Å². The Bertz CT molecular complexity index is 1400. The molecule has 2 aromatic rings. The molecule has 0 bridgehead atoms. The summed E-state index contributed by atoms with van der Waals surface area (Å²) in [6.07, 6.45) is 8.13. The van der Waals surface area contributed by atoms with E-state index in [4.69, 9.17) is 24.2 Å². The van der Waals surface area contributed by atoms with Gasteiger partial charge in [-0.1, -0.05) is 0 Å². The zero-order valence-corrected chi connectivity index (χ0v) is 21.2. The fourth-order valence-electron chi connectivity index (χ4n) is 5.38. The van der Waals surface area contributed by atoms with Crippen molar-refractivity contribution in [3.05, 3.63) is 42.4 Å². The van der Waals surface area contributed by atoms with E-state index in [0.717, 1.165) is 42.0 Å². The molecule has 3 aliphatic heterocycles. The first-order chi connectivity index (χ1) is 18.1. The second-order valence-electron chi connectivity index (χ2n) is 9.53. The molecule has 2 N–H and O–H groups in total. The third kappa shape index (κ3) is 4.03. The molecule has 0 aromatic carbocycles. The van der Waals surface area contributed by atoms with Gasteiger partial charge in [-0.2, -0.15) is 9.61 Å². The summed E-state index contributed by atoms with van der Waals surface area (Å²) in [6, 6.07) is 6.12. The van der Waals surface area contributed by atoms with Crippen molar-refractivity contribution in [3.63, 3.8) is 0 Å². The number of anilines is 1. The molecule has 4 atom stereocenters. The molecule has 1 saturated heterocycles. The lowest BCUT2D eigenvalue weighted by Crippen LogP contribution is -2.51. The molecule has 2 aromatic heterocycles. The number of aromatic nitrogens is 5. The number of nitrogens with one attached hydrogen (secondary N) is 2. The number of hydrogen-bond acceptors (Lipinski definition) is 8. The zero-order chi connectivity index (χ0) is 25.5. The van der Waals surface area contributed by atoms with Gasteiger partial charge < -0.3 is 29.4 Å². The van der Waals surface area contributed by atoms with Crippen molar-refractivity contribution in [1.82, 2.24) is 29.5 Å². The van der Waals surface area contributed by atoms with Gasteiger partial charge in [0.05, 0.1) is 36.7 Å². The highest BCUT2D eigenvalue weighted by molar-refractivity contribution is 6.00. The molecule has 5 heterocycles. The maximum Gasteiger partial charge on any atom is 0.257 e. The summed E-state index contributed by atoms with van der Waals surface area (Å²) in [5.74, 6) is 1.38. The molecular weight excluding hydrogens is 474 g/mol. The quantitative estimate of drug-likeness (QED) is 0.394. The van der Waals surface area contributed by atoms with Crippen LogP contribution in [0.5, 0.6) is 0 Å². The molecule has 2 fully saturated rings. The minimum atomic E-state index is -0.207. The molecule has 1 aliphatic carbocycles. The molecule has 0 radical (unpaired) electrons. The van der Waals surface area contributed by atoms with Gasteiger partial charge in [0.25, 0.3) is 5.91 Å². The predicted molar refractivity (Wildman–Crippen MR) is 137 cm³/mol. The van der Waals surface area contributed by atoms with Crippen molar-refractivity contribution in [1.29, 1.82) is 0 Å². The van der Waals surface area contributed by atoms with Crippen molar-refractivity contribution in [2.45, 2.75) is 43.6 Å². The molecule has 2 unspecified atom stereocenters. The minimum Gasteiger partial charge on any atom is -0.379 e. The molecule has 1 amide bonds. The Morgan fingerprint density at radius 3 is 2.76 bits per heavy atom. The van der Waals surface area contributed by atoms with Crippen LogP contribution in [0.15, 0.2) is 36.8 Å². The van der Waals surface area contributed by atoms with Crippen molar-refractivity contribution >= 4 is 17.4 Å². The Balaban J connectivity index is 1.37. The molecule has 6 rings (SSSR count). The van der Waals surface area contributed by atoms with Crippen molar-refractivity contribution < 1.29 is 19.0 Å². The van der Waals surface area contributed by atoms with E-state index in [1.165, 1.54) is 0 Å². The van der Waals surface area contributed by atoms with Crippen LogP contribution >= 0.6 is 0 Å². The van der Waals surface area contributed by atoms with E-state index in [0.29, 0.717) is 30.1 Å². The fourth-order valence-corrected chi connectivity index (χ4v) is 5.38. The van der Waals surface area contributed by atoms with Gasteiger partial charge in [0.1, 0.15) is 23.3 Å². The smallest absolute Gasteiger partial charge is 0.257 e. The highest BCUT2D eigenvalue weighted by Gasteiger charge is 2.33. The molecule has 1 saturated carbocycles. The monoisotopic (exact) mass is 505 g/mol. The molecule has 11 nitrogen and oxygen atoms in total. The number of nitrogens with zero attached hydrogens (tertiary/aromatic N) is 5. The highest BCUT2D eigenvalue weighted by atomic mass is 16.5. The van der Waals surface area contributed by atoms with Crippen LogP contribution in [0.2, 0.25) is 0 Å². The normalized spacial score (nSPS) is 23.8. The summed E-state index contributed by atoms with van der Waals surface area (Å²) < 4.78 is 20.6. The van der Waals surface area contributed by atoms with E-state index >= 15 is 0 Å². The highest BCUT2D eigenvalue weighted by Crippen LogP contribution is 2.37. The summed E-state index contributed by atoms with van der Waals surface area (Å²) >= 11 is 0. The van der Waals surface area contributed by atoms with E-state index in [1.54, 1.807) is 24.9 Å². The summed E-state index contributed by atoms with van der Waals surface area (Å²) in [6.45, 7) is 1.24. The second kappa shape index (κ2) is 9.73. The van der Waals surface area contributed by atoms with E-state index < -0.39 is 0 Å². The summed E-state index contributed by atoms with van der Waals surface area (Å²) in [4.78, 5) is 22.8. The first kappa shape index (κ1) is 23.8. The predicted octanol–water partition coefficient (Wildman–Crippen LogP) is 2.62. The van der Waals surface area contributed by atoms with E-state index in [-0.39, 0.29) is 30.2 Å². The Hall–Kier alpha value is -3.54. The summed E-state index contributed by atoms with van der Waals surface area (Å²) in [7, 11) is 5.21. The molecular formula is C26H31N7O4. The number of rotatable bonds is 7. The van der Waals surface area contributed by atoms with Crippen LogP contribution in [0, 0.1) is 0 Å². The number of fused-ring (bicyclic) bond motifs is 2. The van der Waals surface area contributed by atoms with Gasteiger partial charge in [-0.05, 0) is 31.4 Å². The Morgan fingerprint density at radius 1 is 1.14 bits per heavy atom. The van der Waals surface area contributed by atoms with E-state index in [9.17, 15) is 4.79 Å². The third-order valence-corrected chi connectivity index (χ3v) is 7.61. The van der Waals surface area contributed by atoms with Gasteiger partial charge in [-0.3, -0.25) is 4.79 Å². The van der Waals surface area contributed by atoms with Crippen molar-refractivity contribution in [2.24, 2.45) is 0 Å². The van der Waals surface area contributed by atoms with Gasteiger partial charge in [0, 0.05) is 57.5 Å². The number of carbonyl (C=O) groups is 1. The van der Waals surface area contributed by atoms with Crippen LogP contribution in [0.1, 0.15) is 35.7 Å².